The summed E-state index contributed by atoms with van der Waals surface area (Å²) >= 11 is 0. The van der Waals surface area contributed by atoms with E-state index in [0.717, 1.165) is 17.7 Å². The lowest BCUT2D eigenvalue weighted by atomic mass is 9.97. The van der Waals surface area contributed by atoms with E-state index in [1.54, 1.807) is 7.11 Å². The van der Waals surface area contributed by atoms with Crippen molar-refractivity contribution < 1.29 is 22.3 Å². The van der Waals surface area contributed by atoms with E-state index >= 15 is 0 Å². The van der Waals surface area contributed by atoms with Gasteiger partial charge in [-0.05, 0) is 55.5 Å². The third-order valence-corrected chi connectivity index (χ3v) is 8.45. The van der Waals surface area contributed by atoms with Crippen LogP contribution in [0.15, 0.2) is 59.5 Å². The van der Waals surface area contributed by atoms with E-state index < -0.39 is 21.5 Å². The van der Waals surface area contributed by atoms with Gasteiger partial charge in [-0.2, -0.15) is 4.31 Å². The molecule has 7 nitrogen and oxygen atoms in total. The van der Waals surface area contributed by atoms with Crippen LogP contribution in [0.4, 0.5) is 4.39 Å². The number of ether oxygens (including phenoxy) is 1. The maximum Gasteiger partial charge on any atom is 0.243 e. The molecule has 0 aliphatic carbocycles. The third kappa shape index (κ3) is 4.96. The van der Waals surface area contributed by atoms with Crippen LogP contribution in [0.25, 0.3) is 0 Å². The number of hydrogen-bond donors (Lipinski definition) is 1. The minimum absolute atomic E-state index is 0.0461. The van der Waals surface area contributed by atoms with Gasteiger partial charge in [0.15, 0.2) is 0 Å². The predicted molar refractivity (Wildman–Crippen MR) is 122 cm³/mol. The SMILES string of the molecule is COCCCN1C(=O)C(Cc2ccccc2)NC12CCN(S(=O)(=O)c1ccc(F)cc1)CC2. The van der Waals surface area contributed by atoms with Crippen molar-refractivity contribution in [3.8, 4) is 0 Å². The van der Waals surface area contributed by atoms with Gasteiger partial charge in [-0.3, -0.25) is 10.1 Å². The molecular formula is C24H30FN3O4S. The van der Waals surface area contributed by atoms with Crippen LogP contribution in [-0.2, 0) is 26.0 Å². The molecule has 2 heterocycles. The van der Waals surface area contributed by atoms with Crippen LogP contribution in [0.5, 0.6) is 0 Å². The second-order valence-corrected chi connectivity index (χ2v) is 10.6. The van der Waals surface area contributed by atoms with Crippen molar-refractivity contribution in [1.29, 1.82) is 0 Å². The fourth-order valence-electron chi connectivity index (χ4n) is 4.81. The molecule has 2 fully saturated rings. The van der Waals surface area contributed by atoms with Gasteiger partial charge in [0.2, 0.25) is 15.9 Å². The first-order chi connectivity index (χ1) is 15.9. The number of halogens is 1. The first kappa shape index (κ1) is 23.8. The van der Waals surface area contributed by atoms with E-state index in [1.165, 1.54) is 16.4 Å². The molecule has 0 aromatic heterocycles. The molecule has 0 saturated carbocycles. The molecule has 2 aromatic carbocycles. The van der Waals surface area contributed by atoms with Crippen molar-refractivity contribution in [3.05, 3.63) is 66.0 Å². The Balaban J connectivity index is 1.51. The molecule has 2 saturated heterocycles. The second kappa shape index (κ2) is 9.89. The van der Waals surface area contributed by atoms with Crippen molar-refractivity contribution in [3.63, 3.8) is 0 Å². The van der Waals surface area contributed by atoms with Crippen molar-refractivity contribution in [2.24, 2.45) is 0 Å². The summed E-state index contributed by atoms with van der Waals surface area (Å²) in [5.74, 6) is -0.429. The molecule has 1 amide bonds. The van der Waals surface area contributed by atoms with Gasteiger partial charge < -0.3 is 9.64 Å². The van der Waals surface area contributed by atoms with Crippen molar-refractivity contribution in [2.75, 3.05) is 33.4 Å². The Morgan fingerprint density at radius 1 is 1.09 bits per heavy atom. The highest BCUT2D eigenvalue weighted by Crippen LogP contribution is 2.35. The first-order valence-electron chi connectivity index (χ1n) is 11.2. The van der Waals surface area contributed by atoms with Gasteiger partial charge in [0.1, 0.15) is 5.82 Å². The topological polar surface area (TPSA) is 79.0 Å². The summed E-state index contributed by atoms with van der Waals surface area (Å²) < 4.78 is 46.0. The number of nitrogens with zero attached hydrogens (tertiary/aromatic N) is 2. The molecule has 1 spiro atoms. The van der Waals surface area contributed by atoms with E-state index in [2.05, 4.69) is 5.32 Å². The molecule has 178 valence electrons. The number of amides is 1. The molecule has 9 heteroatoms. The minimum Gasteiger partial charge on any atom is -0.385 e. The van der Waals surface area contributed by atoms with E-state index in [-0.39, 0.29) is 29.9 Å². The lowest BCUT2D eigenvalue weighted by Crippen LogP contribution is -2.59. The van der Waals surface area contributed by atoms with Gasteiger partial charge >= 0.3 is 0 Å². The summed E-state index contributed by atoms with van der Waals surface area (Å²) in [6.07, 6.45) is 2.26. The number of nitrogens with one attached hydrogen (secondary N) is 1. The number of hydrogen-bond acceptors (Lipinski definition) is 5. The highest BCUT2D eigenvalue weighted by atomic mass is 32.2. The zero-order chi connectivity index (χ0) is 23.5. The summed E-state index contributed by atoms with van der Waals surface area (Å²) in [5.41, 5.74) is 0.493. The number of rotatable bonds is 8. The fraction of sp³-hybridized carbons (Fsp3) is 0.458. The first-order valence-corrected chi connectivity index (χ1v) is 12.7. The van der Waals surface area contributed by atoms with E-state index in [1.807, 2.05) is 35.2 Å². The molecule has 0 radical (unpaired) electrons. The van der Waals surface area contributed by atoms with Gasteiger partial charge in [0, 0.05) is 33.4 Å². The Hall–Kier alpha value is -2.33. The normalized spacial score (nSPS) is 21.1. The van der Waals surface area contributed by atoms with E-state index in [4.69, 9.17) is 4.74 Å². The molecule has 2 aromatic rings. The summed E-state index contributed by atoms with van der Waals surface area (Å²) in [6.45, 7) is 1.65. The summed E-state index contributed by atoms with van der Waals surface area (Å²) in [6, 6.07) is 14.4. The van der Waals surface area contributed by atoms with Crippen molar-refractivity contribution >= 4 is 15.9 Å². The van der Waals surface area contributed by atoms with Gasteiger partial charge in [-0.1, -0.05) is 30.3 Å². The Kier molecular flexibility index (Phi) is 7.13. The molecule has 2 aliphatic heterocycles. The average Bonchev–Trinajstić information content (AvgIpc) is 3.05. The van der Waals surface area contributed by atoms with Crippen molar-refractivity contribution in [2.45, 2.75) is 42.3 Å². The summed E-state index contributed by atoms with van der Waals surface area (Å²) in [5, 5.41) is 3.57. The molecule has 0 bridgehead atoms. The second-order valence-electron chi connectivity index (χ2n) is 8.61. The maximum absolute atomic E-state index is 13.4. The zero-order valence-electron chi connectivity index (χ0n) is 18.7. The number of benzene rings is 2. The average molecular weight is 476 g/mol. The molecule has 2 aliphatic rings. The van der Waals surface area contributed by atoms with Gasteiger partial charge in [-0.15, -0.1) is 0 Å². The van der Waals surface area contributed by atoms with Crippen LogP contribution in [0.3, 0.4) is 0 Å². The molecule has 1 atom stereocenters. The highest BCUT2D eigenvalue weighted by Gasteiger charge is 2.52. The highest BCUT2D eigenvalue weighted by molar-refractivity contribution is 7.89. The number of carbonyl (C=O) groups excluding carboxylic acids is 1. The van der Waals surface area contributed by atoms with Crippen LogP contribution in [-0.4, -0.2) is 68.6 Å². The zero-order valence-corrected chi connectivity index (χ0v) is 19.6. The molecular weight excluding hydrogens is 445 g/mol. The molecule has 1 N–H and O–H groups in total. The quantitative estimate of drug-likeness (QED) is 0.593. The Morgan fingerprint density at radius 2 is 1.76 bits per heavy atom. The number of sulfonamides is 1. The van der Waals surface area contributed by atoms with Crippen LogP contribution < -0.4 is 5.32 Å². The minimum atomic E-state index is -3.72. The summed E-state index contributed by atoms with van der Waals surface area (Å²) in [4.78, 5) is 15.3. The number of methoxy groups -OCH3 is 1. The lowest BCUT2D eigenvalue weighted by Gasteiger charge is -2.44. The Labute approximate surface area is 194 Å². The fourth-order valence-corrected chi connectivity index (χ4v) is 6.25. The lowest BCUT2D eigenvalue weighted by molar-refractivity contribution is -0.133. The largest absolute Gasteiger partial charge is 0.385 e. The monoisotopic (exact) mass is 475 g/mol. The number of piperidine rings is 1. The van der Waals surface area contributed by atoms with Crippen LogP contribution in [0, 0.1) is 5.82 Å². The maximum atomic E-state index is 13.4. The van der Waals surface area contributed by atoms with E-state index in [9.17, 15) is 17.6 Å². The third-order valence-electron chi connectivity index (χ3n) is 6.54. The van der Waals surface area contributed by atoms with Gasteiger partial charge in [0.05, 0.1) is 16.6 Å². The van der Waals surface area contributed by atoms with Gasteiger partial charge in [0.25, 0.3) is 0 Å². The van der Waals surface area contributed by atoms with Crippen molar-refractivity contribution in [1.82, 2.24) is 14.5 Å². The predicted octanol–water partition coefficient (Wildman–Crippen LogP) is 2.39. The van der Waals surface area contributed by atoms with E-state index in [0.29, 0.717) is 38.8 Å². The summed E-state index contributed by atoms with van der Waals surface area (Å²) in [7, 11) is -2.09. The molecule has 4 rings (SSSR count). The molecule has 33 heavy (non-hydrogen) atoms. The standard InChI is InChI=1S/C24H30FN3O4S/c1-32-17-5-14-28-23(29)22(18-19-6-3-2-4-7-19)26-24(28)12-15-27(16-13-24)33(30,31)21-10-8-20(25)9-11-21/h2-4,6-11,22,26H,5,12-18H2,1H3. The number of carbonyl (C=O) groups is 1. The smallest absolute Gasteiger partial charge is 0.243 e. The van der Waals surface area contributed by atoms with Gasteiger partial charge in [-0.25, -0.2) is 12.8 Å². The Bertz CT molecular complexity index is 1050. The van der Waals surface area contributed by atoms with Crippen LogP contribution >= 0.6 is 0 Å². The van der Waals surface area contributed by atoms with Crippen LogP contribution in [0.1, 0.15) is 24.8 Å². The Morgan fingerprint density at radius 3 is 2.39 bits per heavy atom. The molecule has 1 unspecified atom stereocenters. The van der Waals surface area contributed by atoms with Crippen LogP contribution in [0.2, 0.25) is 0 Å².